The Bertz CT molecular complexity index is 735. The number of nitrogens with one attached hydrogen (secondary N) is 2. The first-order valence-electron chi connectivity index (χ1n) is 8.95. The Morgan fingerprint density at radius 2 is 1.88 bits per heavy atom. The number of benzene rings is 1. The molecule has 1 aromatic carbocycles. The predicted molar refractivity (Wildman–Crippen MR) is 96.1 cm³/mol. The van der Waals surface area contributed by atoms with Crippen molar-refractivity contribution < 1.29 is 9.13 Å². The van der Waals surface area contributed by atoms with Crippen molar-refractivity contribution in [2.24, 2.45) is 11.7 Å². The number of piperidine rings is 1. The molecule has 2 aliphatic rings. The number of nitrogens with zero attached hydrogens (tertiary/aromatic N) is 3. The molecule has 2 fully saturated rings. The number of hydrazine groups is 1. The zero-order valence-electron chi connectivity index (χ0n) is 14.4. The molecule has 2 aromatic rings. The number of nitrogens with two attached hydrogens (primary N) is 1. The lowest BCUT2D eigenvalue weighted by molar-refractivity contribution is 0.309. The zero-order chi connectivity index (χ0) is 17.9. The maximum Gasteiger partial charge on any atom is 0.228 e. The van der Waals surface area contributed by atoms with E-state index >= 15 is 0 Å². The summed E-state index contributed by atoms with van der Waals surface area (Å²) in [7, 11) is 0. The SMILES string of the molecule is NC1CC(C2CCN(c3nccc(Oc4ccc(F)cc4)n3)CC2)NN1. The zero-order valence-corrected chi connectivity index (χ0v) is 14.4. The summed E-state index contributed by atoms with van der Waals surface area (Å²) in [5.41, 5.74) is 12.3. The summed E-state index contributed by atoms with van der Waals surface area (Å²) in [5.74, 6) is 1.97. The molecule has 4 N–H and O–H groups in total. The minimum atomic E-state index is -0.295. The van der Waals surface area contributed by atoms with Crippen molar-refractivity contribution in [2.75, 3.05) is 18.0 Å². The van der Waals surface area contributed by atoms with Crippen LogP contribution in [0.3, 0.4) is 0 Å². The van der Waals surface area contributed by atoms with Crippen molar-refractivity contribution in [3.8, 4) is 11.6 Å². The first kappa shape index (κ1) is 17.1. The summed E-state index contributed by atoms with van der Waals surface area (Å²) in [4.78, 5) is 11.1. The predicted octanol–water partition coefficient (Wildman–Crippen LogP) is 1.78. The minimum absolute atomic E-state index is 0.0432. The number of anilines is 1. The normalized spacial score (nSPS) is 24.0. The molecule has 8 heteroatoms. The van der Waals surface area contributed by atoms with Gasteiger partial charge in [0.25, 0.3) is 0 Å². The van der Waals surface area contributed by atoms with Gasteiger partial charge in [0.1, 0.15) is 11.6 Å². The first-order valence-corrected chi connectivity index (χ1v) is 8.95. The Morgan fingerprint density at radius 1 is 1.12 bits per heavy atom. The lowest BCUT2D eigenvalue weighted by Crippen LogP contribution is -2.43. The summed E-state index contributed by atoms with van der Waals surface area (Å²) < 4.78 is 18.7. The first-order chi connectivity index (χ1) is 12.7. The fourth-order valence-corrected chi connectivity index (χ4v) is 3.58. The number of hydrogen-bond donors (Lipinski definition) is 3. The number of halogens is 1. The Kier molecular flexibility index (Phi) is 4.96. The van der Waals surface area contributed by atoms with Gasteiger partial charge in [-0.1, -0.05) is 0 Å². The van der Waals surface area contributed by atoms with E-state index in [2.05, 4.69) is 25.7 Å². The van der Waals surface area contributed by atoms with Crippen molar-refractivity contribution in [2.45, 2.75) is 31.5 Å². The van der Waals surface area contributed by atoms with Crippen LogP contribution in [0.2, 0.25) is 0 Å². The van der Waals surface area contributed by atoms with Gasteiger partial charge in [0.2, 0.25) is 11.8 Å². The molecule has 1 aromatic heterocycles. The van der Waals surface area contributed by atoms with Crippen molar-refractivity contribution in [1.29, 1.82) is 0 Å². The van der Waals surface area contributed by atoms with E-state index < -0.39 is 0 Å². The van der Waals surface area contributed by atoms with Crippen LogP contribution in [0, 0.1) is 11.7 Å². The van der Waals surface area contributed by atoms with Crippen LogP contribution >= 0.6 is 0 Å². The van der Waals surface area contributed by atoms with Crippen LogP contribution < -0.4 is 26.2 Å². The molecule has 0 spiro atoms. The molecule has 0 saturated carbocycles. The van der Waals surface area contributed by atoms with Crippen molar-refractivity contribution >= 4 is 5.95 Å². The Morgan fingerprint density at radius 3 is 2.58 bits per heavy atom. The van der Waals surface area contributed by atoms with E-state index in [0.717, 1.165) is 32.4 Å². The van der Waals surface area contributed by atoms with Gasteiger partial charge in [0, 0.05) is 31.4 Å². The molecule has 2 atom stereocenters. The van der Waals surface area contributed by atoms with E-state index in [1.54, 1.807) is 24.4 Å². The molecule has 4 rings (SSSR count). The third kappa shape index (κ3) is 3.92. The average molecular weight is 358 g/mol. The van der Waals surface area contributed by atoms with Crippen LogP contribution in [0.1, 0.15) is 19.3 Å². The molecule has 2 unspecified atom stereocenters. The minimum Gasteiger partial charge on any atom is -0.439 e. The van der Waals surface area contributed by atoms with E-state index in [0.29, 0.717) is 29.5 Å². The van der Waals surface area contributed by atoms with E-state index in [9.17, 15) is 4.39 Å². The molecule has 0 radical (unpaired) electrons. The molecule has 0 bridgehead atoms. The van der Waals surface area contributed by atoms with Gasteiger partial charge in [-0.2, -0.15) is 4.98 Å². The summed E-state index contributed by atoms with van der Waals surface area (Å²) in [5, 5.41) is 0. The summed E-state index contributed by atoms with van der Waals surface area (Å²) in [6, 6.07) is 8.02. The second-order valence-electron chi connectivity index (χ2n) is 6.81. The van der Waals surface area contributed by atoms with Gasteiger partial charge in [0.15, 0.2) is 0 Å². The fourth-order valence-electron chi connectivity index (χ4n) is 3.58. The third-order valence-corrected chi connectivity index (χ3v) is 5.01. The molecular formula is C18H23FN6O. The third-order valence-electron chi connectivity index (χ3n) is 5.01. The van der Waals surface area contributed by atoms with Crippen LogP contribution in [0.15, 0.2) is 36.5 Å². The Hall–Kier alpha value is -2.29. The van der Waals surface area contributed by atoms with E-state index in [1.807, 2.05) is 0 Å². The van der Waals surface area contributed by atoms with Crippen LogP contribution in [-0.4, -0.2) is 35.3 Å². The highest BCUT2D eigenvalue weighted by Gasteiger charge is 2.31. The molecule has 26 heavy (non-hydrogen) atoms. The van der Waals surface area contributed by atoms with E-state index in [-0.39, 0.29) is 12.0 Å². The highest BCUT2D eigenvalue weighted by atomic mass is 19.1. The molecule has 2 aliphatic heterocycles. The summed E-state index contributed by atoms with van der Waals surface area (Å²) in [6.07, 6.45) is 4.83. The Labute approximate surface area is 151 Å². The van der Waals surface area contributed by atoms with Gasteiger partial charge >= 0.3 is 0 Å². The van der Waals surface area contributed by atoms with Gasteiger partial charge in [-0.3, -0.25) is 5.43 Å². The second kappa shape index (κ2) is 7.53. The second-order valence-corrected chi connectivity index (χ2v) is 6.81. The standard InChI is InChI=1S/C18H23FN6O/c19-13-1-3-14(4-2-13)26-17-5-8-21-18(22-17)25-9-6-12(7-10-25)15-11-16(20)24-23-15/h1-5,8,12,15-16,23-24H,6-7,9-11,20H2. The Balaban J connectivity index is 1.37. The highest BCUT2D eigenvalue weighted by Crippen LogP contribution is 2.27. The molecule has 7 nitrogen and oxygen atoms in total. The van der Waals surface area contributed by atoms with Crippen molar-refractivity contribution in [3.63, 3.8) is 0 Å². The van der Waals surface area contributed by atoms with Gasteiger partial charge in [-0.25, -0.2) is 14.8 Å². The number of aromatic nitrogens is 2. The maximum atomic E-state index is 13.0. The molecule has 2 saturated heterocycles. The lowest BCUT2D eigenvalue weighted by atomic mass is 9.88. The van der Waals surface area contributed by atoms with Gasteiger partial charge in [-0.05, 0) is 49.4 Å². The van der Waals surface area contributed by atoms with E-state index in [4.69, 9.17) is 10.5 Å². The average Bonchev–Trinajstić information content (AvgIpc) is 3.10. The highest BCUT2D eigenvalue weighted by molar-refractivity contribution is 5.34. The lowest BCUT2D eigenvalue weighted by Gasteiger charge is -2.34. The topological polar surface area (TPSA) is 88.3 Å². The van der Waals surface area contributed by atoms with Crippen molar-refractivity contribution in [3.05, 3.63) is 42.3 Å². The van der Waals surface area contributed by atoms with Crippen LogP contribution in [0.5, 0.6) is 11.6 Å². The molecule has 0 aliphatic carbocycles. The molecule has 3 heterocycles. The fraction of sp³-hybridized carbons (Fsp3) is 0.444. The summed E-state index contributed by atoms with van der Waals surface area (Å²) in [6.45, 7) is 1.80. The molecule has 0 amide bonds. The van der Waals surface area contributed by atoms with Crippen molar-refractivity contribution in [1.82, 2.24) is 20.8 Å². The van der Waals surface area contributed by atoms with Crippen LogP contribution in [-0.2, 0) is 0 Å². The van der Waals surface area contributed by atoms with Gasteiger partial charge < -0.3 is 15.4 Å². The van der Waals surface area contributed by atoms with E-state index in [1.165, 1.54) is 12.1 Å². The maximum absolute atomic E-state index is 13.0. The quantitative estimate of drug-likeness (QED) is 0.768. The summed E-state index contributed by atoms with van der Waals surface area (Å²) >= 11 is 0. The van der Waals surface area contributed by atoms with Crippen LogP contribution in [0.25, 0.3) is 0 Å². The number of rotatable bonds is 4. The molecule has 138 valence electrons. The van der Waals surface area contributed by atoms with Gasteiger partial charge in [0.05, 0.1) is 6.17 Å². The monoisotopic (exact) mass is 358 g/mol. The largest absolute Gasteiger partial charge is 0.439 e. The molecular weight excluding hydrogens is 335 g/mol. The number of ether oxygens (including phenoxy) is 1. The smallest absolute Gasteiger partial charge is 0.228 e. The van der Waals surface area contributed by atoms with Gasteiger partial charge in [-0.15, -0.1) is 0 Å². The number of hydrogen-bond acceptors (Lipinski definition) is 7. The van der Waals surface area contributed by atoms with Crippen LogP contribution in [0.4, 0.5) is 10.3 Å².